The van der Waals surface area contributed by atoms with Crippen molar-refractivity contribution in [2.45, 2.75) is 32.6 Å². The molecule has 23 heavy (non-hydrogen) atoms. The minimum atomic E-state index is -0.0938. The van der Waals surface area contributed by atoms with E-state index in [1.54, 1.807) is 0 Å². The molecule has 4 heteroatoms. The maximum Gasteiger partial charge on any atom is 0.305 e. The first-order valence-corrected chi connectivity index (χ1v) is 8.58. The van der Waals surface area contributed by atoms with E-state index in [4.69, 9.17) is 9.73 Å². The number of carbonyl (C=O) groups excluding carboxylic acids is 1. The fraction of sp³-hybridized carbons (Fsp3) is 0.579. The Morgan fingerprint density at radius 3 is 3.09 bits per heavy atom. The number of nitrogens with zero attached hydrogens (tertiary/aromatic N) is 1. The van der Waals surface area contributed by atoms with Crippen molar-refractivity contribution in [2.24, 2.45) is 16.8 Å². The van der Waals surface area contributed by atoms with Crippen LogP contribution in [-0.2, 0) is 16.0 Å². The maximum absolute atomic E-state index is 11.7. The van der Waals surface area contributed by atoms with Crippen LogP contribution in [0.4, 0.5) is 0 Å². The minimum absolute atomic E-state index is 0.0938. The summed E-state index contributed by atoms with van der Waals surface area (Å²) in [5.41, 5.74) is 5.23. The van der Waals surface area contributed by atoms with Crippen LogP contribution >= 0.6 is 0 Å². The minimum Gasteiger partial charge on any atom is -0.469 e. The molecule has 3 rings (SSSR count). The summed E-state index contributed by atoms with van der Waals surface area (Å²) in [6.07, 6.45) is 3.54. The van der Waals surface area contributed by atoms with Crippen LogP contribution < -0.4 is 5.32 Å². The summed E-state index contributed by atoms with van der Waals surface area (Å²) < 4.78 is 4.87. The molecule has 1 aromatic rings. The fourth-order valence-electron chi connectivity index (χ4n) is 3.78. The van der Waals surface area contributed by atoms with E-state index in [0.717, 1.165) is 38.9 Å². The largest absolute Gasteiger partial charge is 0.469 e. The van der Waals surface area contributed by atoms with Gasteiger partial charge in [0.1, 0.15) is 0 Å². The van der Waals surface area contributed by atoms with Crippen molar-refractivity contribution in [3.8, 4) is 0 Å². The van der Waals surface area contributed by atoms with Gasteiger partial charge in [0, 0.05) is 18.7 Å². The summed E-state index contributed by atoms with van der Waals surface area (Å²) >= 11 is 0. The lowest BCUT2D eigenvalue weighted by molar-refractivity contribution is -0.142. The molecule has 0 spiro atoms. The van der Waals surface area contributed by atoms with Crippen molar-refractivity contribution in [3.05, 3.63) is 34.9 Å². The molecule has 0 amide bonds. The Labute approximate surface area is 138 Å². The van der Waals surface area contributed by atoms with Gasteiger partial charge in [-0.3, -0.25) is 9.79 Å². The van der Waals surface area contributed by atoms with Crippen LogP contribution in [0, 0.1) is 18.8 Å². The molecular formula is C19H26N2O2. The number of esters is 1. The van der Waals surface area contributed by atoms with E-state index in [-0.39, 0.29) is 5.97 Å². The van der Waals surface area contributed by atoms with Crippen molar-refractivity contribution < 1.29 is 9.53 Å². The molecule has 0 aromatic heterocycles. The molecule has 0 aliphatic carbocycles. The molecule has 1 saturated heterocycles. The fourth-order valence-corrected chi connectivity index (χ4v) is 3.78. The molecule has 0 saturated carbocycles. The van der Waals surface area contributed by atoms with E-state index in [1.807, 2.05) is 0 Å². The van der Waals surface area contributed by atoms with Gasteiger partial charge in [0.05, 0.1) is 7.11 Å². The molecule has 2 heterocycles. The van der Waals surface area contributed by atoms with Gasteiger partial charge < -0.3 is 10.1 Å². The van der Waals surface area contributed by atoms with E-state index in [0.29, 0.717) is 18.3 Å². The topological polar surface area (TPSA) is 50.7 Å². The van der Waals surface area contributed by atoms with Gasteiger partial charge in [-0.2, -0.15) is 0 Å². The van der Waals surface area contributed by atoms with E-state index >= 15 is 0 Å². The second-order valence-electron chi connectivity index (χ2n) is 6.74. The quantitative estimate of drug-likeness (QED) is 0.869. The number of carbonyl (C=O) groups is 1. The second-order valence-corrected chi connectivity index (χ2v) is 6.74. The third kappa shape index (κ3) is 3.81. The Morgan fingerprint density at radius 2 is 2.26 bits per heavy atom. The van der Waals surface area contributed by atoms with Gasteiger partial charge in [-0.1, -0.05) is 17.7 Å². The van der Waals surface area contributed by atoms with Gasteiger partial charge in [-0.05, 0) is 68.3 Å². The van der Waals surface area contributed by atoms with Gasteiger partial charge in [0.2, 0.25) is 0 Å². The van der Waals surface area contributed by atoms with Crippen LogP contribution in [0.1, 0.15) is 36.0 Å². The molecule has 124 valence electrons. The first-order valence-electron chi connectivity index (χ1n) is 8.58. The summed E-state index contributed by atoms with van der Waals surface area (Å²) in [5, 5.41) is 3.47. The first kappa shape index (κ1) is 16.2. The Bertz CT molecular complexity index is 609. The number of piperidine rings is 1. The highest BCUT2D eigenvalue weighted by Crippen LogP contribution is 2.29. The number of benzene rings is 1. The van der Waals surface area contributed by atoms with E-state index in [9.17, 15) is 4.79 Å². The Kier molecular flexibility index (Phi) is 5.11. The molecule has 1 fully saturated rings. The summed E-state index contributed by atoms with van der Waals surface area (Å²) in [6, 6.07) is 6.69. The van der Waals surface area contributed by atoms with Gasteiger partial charge in [0.15, 0.2) is 0 Å². The van der Waals surface area contributed by atoms with Crippen LogP contribution in [0.25, 0.3) is 0 Å². The summed E-state index contributed by atoms with van der Waals surface area (Å²) in [5.74, 6) is 0.748. The highest BCUT2D eigenvalue weighted by Gasteiger charge is 2.29. The Hall–Kier alpha value is -1.68. The van der Waals surface area contributed by atoms with Crippen LogP contribution in [0.2, 0.25) is 0 Å². The molecule has 0 unspecified atom stereocenters. The second kappa shape index (κ2) is 7.26. The SMILES string of the molecule is COC(=O)C[C@@H]1CCNC[C@@H]1CC1=NCCc2ccc(C)cc21. The number of rotatable bonds is 4. The van der Waals surface area contributed by atoms with Crippen LogP contribution in [-0.4, -0.2) is 38.4 Å². The zero-order chi connectivity index (χ0) is 16.2. The van der Waals surface area contributed by atoms with Gasteiger partial charge in [0.25, 0.3) is 0 Å². The molecule has 1 aromatic carbocycles. The Morgan fingerprint density at radius 1 is 1.39 bits per heavy atom. The lowest BCUT2D eigenvalue weighted by Gasteiger charge is -2.32. The van der Waals surface area contributed by atoms with Crippen LogP contribution in [0.5, 0.6) is 0 Å². The summed E-state index contributed by atoms with van der Waals surface area (Å²) in [4.78, 5) is 16.5. The average Bonchev–Trinajstić information content (AvgIpc) is 2.57. The lowest BCUT2D eigenvalue weighted by atomic mass is 9.79. The molecule has 4 nitrogen and oxygen atoms in total. The van der Waals surface area contributed by atoms with Crippen molar-refractivity contribution in [2.75, 3.05) is 26.7 Å². The molecule has 1 N–H and O–H groups in total. The molecular weight excluding hydrogens is 288 g/mol. The predicted molar refractivity (Wildman–Crippen MR) is 92.0 cm³/mol. The van der Waals surface area contributed by atoms with E-state index < -0.39 is 0 Å². The molecule has 2 aliphatic heterocycles. The van der Waals surface area contributed by atoms with Crippen molar-refractivity contribution >= 4 is 11.7 Å². The van der Waals surface area contributed by atoms with Crippen molar-refractivity contribution in [3.63, 3.8) is 0 Å². The number of aliphatic imine (C=N–C) groups is 1. The maximum atomic E-state index is 11.7. The predicted octanol–water partition coefficient (Wildman–Crippen LogP) is 2.52. The average molecular weight is 314 g/mol. The smallest absolute Gasteiger partial charge is 0.305 e. The van der Waals surface area contributed by atoms with Crippen LogP contribution in [0.3, 0.4) is 0 Å². The third-order valence-electron chi connectivity index (χ3n) is 5.14. The first-order chi connectivity index (χ1) is 11.2. The van der Waals surface area contributed by atoms with Gasteiger partial charge in [-0.25, -0.2) is 0 Å². The number of hydrogen-bond donors (Lipinski definition) is 1. The number of ether oxygens (including phenoxy) is 1. The normalized spacial score (nSPS) is 23.8. The van der Waals surface area contributed by atoms with Gasteiger partial charge >= 0.3 is 5.97 Å². The number of hydrogen-bond acceptors (Lipinski definition) is 4. The monoisotopic (exact) mass is 314 g/mol. The van der Waals surface area contributed by atoms with Gasteiger partial charge in [-0.15, -0.1) is 0 Å². The van der Waals surface area contributed by atoms with Crippen molar-refractivity contribution in [1.29, 1.82) is 0 Å². The number of fused-ring (bicyclic) bond motifs is 1. The lowest BCUT2D eigenvalue weighted by Crippen LogP contribution is -2.39. The number of aryl methyl sites for hydroxylation is 1. The molecule has 2 atom stereocenters. The highest BCUT2D eigenvalue weighted by atomic mass is 16.5. The Balaban J connectivity index is 1.76. The highest BCUT2D eigenvalue weighted by molar-refractivity contribution is 6.02. The zero-order valence-corrected chi connectivity index (χ0v) is 14.1. The van der Waals surface area contributed by atoms with Crippen molar-refractivity contribution in [1.82, 2.24) is 5.32 Å². The molecule has 0 radical (unpaired) electrons. The third-order valence-corrected chi connectivity index (χ3v) is 5.14. The number of nitrogens with one attached hydrogen (secondary N) is 1. The molecule has 2 aliphatic rings. The van der Waals surface area contributed by atoms with E-state index in [1.165, 1.54) is 29.5 Å². The number of methoxy groups -OCH3 is 1. The van der Waals surface area contributed by atoms with Crippen LogP contribution in [0.15, 0.2) is 23.2 Å². The standard InChI is InChI=1S/C19H26N2O2/c1-13-3-4-14-6-8-21-18(17(14)9-13)10-16-12-20-7-5-15(16)11-19(22)23-2/h3-4,9,15-16,20H,5-8,10-12H2,1-2H3/t15-,16-/m0/s1. The zero-order valence-electron chi connectivity index (χ0n) is 14.1. The molecule has 0 bridgehead atoms. The van der Waals surface area contributed by atoms with E-state index in [2.05, 4.69) is 30.4 Å². The summed E-state index contributed by atoms with van der Waals surface area (Å²) in [6.45, 7) is 4.96. The summed E-state index contributed by atoms with van der Waals surface area (Å²) in [7, 11) is 1.47.